The topological polar surface area (TPSA) is 12.0 Å². The maximum atomic E-state index is 13.6. The van der Waals surface area contributed by atoms with Crippen molar-refractivity contribution in [1.82, 2.24) is 0 Å². The summed E-state index contributed by atoms with van der Waals surface area (Å²) >= 11 is 3.16. The van der Waals surface area contributed by atoms with Crippen molar-refractivity contribution >= 4 is 21.6 Å². The zero-order chi connectivity index (χ0) is 13.8. The summed E-state index contributed by atoms with van der Waals surface area (Å²) in [6.07, 6.45) is 0. The van der Waals surface area contributed by atoms with Crippen LogP contribution in [0, 0.1) is 11.6 Å². The van der Waals surface area contributed by atoms with Crippen LogP contribution < -0.4 is 5.32 Å². The molecule has 0 aliphatic rings. The van der Waals surface area contributed by atoms with E-state index in [1.165, 1.54) is 11.6 Å². The molecule has 0 amide bonds. The molecular formula is C15H14BrF2N. The smallest absolute Gasteiger partial charge is 0.150 e. The number of nitrogens with one attached hydrogen (secondary N) is 1. The molecule has 0 spiro atoms. The first-order chi connectivity index (χ1) is 9.08. The van der Waals surface area contributed by atoms with Gasteiger partial charge in [-0.25, -0.2) is 8.78 Å². The zero-order valence-corrected chi connectivity index (χ0v) is 12.0. The molecule has 2 aromatic carbocycles. The lowest BCUT2D eigenvalue weighted by molar-refractivity contribution is 0.583. The summed E-state index contributed by atoms with van der Waals surface area (Å²) in [5.41, 5.74) is 1.47. The first-order valence-corrected chi connectivity index (χ1v) is 6.80. The normalized spacial score (nSPS) is 12.2. The molecule has 0 aliphatic heterocycles. The molecule has 0 bridgehead atoms. The predicted molar refractivity (Wildman–Crippen MR) is 77.4 cm³/mol. The van der Waals surface area contributed by atoms with Gasteiger partial charge in [0.1, 0.15) is 11.6 Å². The first-order valence-electron chi connectivity index (χ1n) is 6.01. The number of rotatable bonds is 4. The van der Waals surface area contributed by atoms with Crippen LogP contribution in [0.15, 0.2) is 46.9 Å². The zero-order valence-electron chi connectivity index (χ0n) is 10.5. The quantitative estimate of drug-likeness (QED) is 0.839. The van der Waals surface area contributed by atoms with Gasteiger partial charge in [-0.15, -0.1) is 0 Å². The fraction of sp³-hybridized carbons (Fsp3) is 0.200. The lowest BCUT2D eigenvalue weighted by Gasteiger charge is -2.15. The second kappa shape index (κ2) is 6.15. The van der Waals surface area contributed by atoms with E-state index in [4.69, 9.17) is 0 Å². The number of halogens is 3. The summed E-state index contributed by atoms with van der Waals surface area (Å²) in [6.45, 7) is 2.63. The standard InChI is InChI=1S/C15H14BrF2N/c1-10(11-5-3-2-4-6-11)9-19-15-13(16)7-12(17)8-14(15)18/h2-8,10,19H,9H2,1H3. The Morgan fingerprint density at radius 2 is 1.84 bits per heavy atom. The van der Waals surface area contributed by atoms with Gasteiger partial charge in [-0.05, 0) is 33.5 Å². The number of hydrogen-bond donors (Lipinski definition) is 1. The van der Waals surface area contributed by atoms with E-state index < -0.39 is 11.6 Å². The highest BCUT2D eigenvalue weighted by molar-refractivity contribution is 9.10. The molecule has 0 radical (unpaired) electrons. The first kappa shape index (κ1) is 14.0. The molecule has 0 aromatic heterocycles. The largest absolute Gasteiger partial charge is 0.381 e. The maximum absolute atomic E-state index is 13.6. The number of benzene rings is 2. The number of anilines is 1. The van der Waals surface area contributed by atoms with Crippen molar-refractivity contribution in [3.05, 3.63) is 64.1 Å². The van der Waals surface area contributed by atoms with Gasteiger partial charge in [-0.1, -0.05) is 37.3 Å². The summed E-state index contributed by atoms with van der Waals surface area (Å²) in [4.78, 5) is 0. The van der Waals surface area contributed by atoms with Gasteiger partial charge in [-0.2, -0.15) is 0 Å². The van der Waals surface area contributed by atoms with E-state index >= 15 is 0 Å². The van der Waals surface area contributed by atoms with Crippen LogP contribution in [-0.2, 0) is 0 Å². The molecule has 0 saturated carbocycles. The minimum atomic E-state index is -0.592. The van der Waals surface area contributed by atoms with Crippen molar-refractivity contribution in [1.29, 1.82) is 0 Å². The van der Waals surface area contributed by atoms with E-state index in [0.29, 0.717) is 16.7 Å². The number of hydrogen-bond acceptors (Lipinski definition) is 1. The third-order valence-electron chi connectivity index (χ3n) is 2.96. The van der Waals surface area contributed by atoms with Crippen molar-refractivity contribution < 1.29 is 8.78 Å². The average molecular weight is 326 g/mol. The minimum absolute atomic E-state index is 0.234. The van der Waals surface area contributed by atoms with E-state index in [2.05, 4.69) is 28.2 Å². The Balaban J connectivity index is 2.07. The lowest BCUT2D eigenvalue weighted by atomic mass is 10.0. The highest BCUT2D eigenvalue weighted by Crippen LogP contribution is 2.27. The Bertz CT molecular complexity index is 534. The van der Waals surface area contributed by atoms with Crippen molar-refractivity contribution in [2.75, 3.05) is 11.9 Å². The molecule has 4 heteroatoms. The van der Waals surface area contributed by atoms with Crippen LogP contribution in [-0.4, -0.2) is 6.54 Å². The average Bonchev–Trinajstić information content (AvgIpc) is 2.38. The fourth-order valence-electron chi connectivity index (χ4n) is 1.87. The van der Waals surface area contributed by atoms with E-state index in [1.54, 1.807) is 0 Å². The Labute approximate surface area is 119 Å². The molecule has 1 N–H and O–H groups in total. The van der Waals surface area contributed by atoms with Gasteiger partial charge in [0, 0.05) is 17.1 Å². The summed E-state index contributed by atoms with van der Waals surface area (Å²) in [5.74, 6) is -0.948. The maximum Gasteiger partial charge on any atom is 0.150 e. The van der Waals surface area contributed by atoms with Crippen molar-refractivity contribution in [2.45, 2.75) is 12.8 Å². The minimum Gasteiger partial charge on any atom is -0.381 e. The van der Waals surface area contributed by atoms with E-state index in [1.807, 2.05) is 30.3 Å². The van der Waals surface area contributed by atoms with Gasteiger partial charge in [0.25, 0.3) is 0 Å². The molecule has 100 valence electrons. The Morgan fingerprint density at radius 3 is 2.47 bits per heavy atom. The van der Waals surface area contributed by atoms with Gasteiger partial charge in [0.2, 0.25) is 0 Å². The van der Waals surface area contributed by atoms with Crippen LogP contribution in [0.2, 0.25) is 0 Å². The van der Waals surface area contributed by atoms with Gasteiger partial charge in [-0.3, -0.25) is 0 Å². The van der Waals surface area contributed by atoms with Crippen LogP contribution in [0.1, 0.15) is 18.4 Å². The fourth-order valence-corrected chi connectivity index (χ4v) is 2.41. The monoisotopic (exact) mass is 325 g/mol. The summed E-state index contributed by atoms with van der Waals surface area (Å²) in [6, 6.07) is 12.1. The van der Waals surface area contributed by atoms with Gasteiger partial charge in [0.05, 0.1) is 5.69 Å². The van der Waals surface area contributed by atoms with Crippen molar-refractivity contribution in [2.24, 2.45) is 0 Å². The molecule has 0 fully saturated rings. The second-order valence-corrected chi connectivity index (χ2v) is 5.29. The highest BCUT2D eigenvalue weighted by Gasteiger charge is 2.11. The Kier molecular flexibility index (Phi) is 4.53. The predicted octanol–water partition coefficient (Wildman–Crippen LogP) is 4.94. The van der Waals surface area contributed by atoms with Crippen molar-refractivity contribution in [3.63, 3.8) is 0 Å². The molecule has 19 heavy (non-hydrogen) atoms. The van der Waals surface area contributed by atoms with E-state index in [0.717, 1.165) is 6.07 Å². The van der Waals surface area contributed by atoms with Crippen LogP contribution >= 0.6 is 15.9 Å². The van der Waals surface area contributed by atoms with Gasteiger partial charge < -0.3 is 5.32 Å². The molecule has 0 heterocycles. The van der Waals surface area contributed by atoms with Crippen LogP contribution in [0.25, 0.3) is 0 Å². The Hall–Kier alpha value is -1.42. The molecule has 1 nitrogen and oxygen atoms in total. The second-order valence-electron chi connectivity index (χ2n) is 4.44. The Morgan fingerprint density at radius 1 is 1.16 bits per heavy atom. The highest BCUT2D eigenvalue weighted by atomic mass is 79.9. The third-order valence-corrected chi connectivity index (χ3v) is 3.59. The SMILES string of the molecule is CC(CNc1c(F)cc(F)cc1Br)c1ccccc1. The molecule has 0 saturated heterocycles. The summed E-state index contributed by atoms with van der Waals surface area (Å²) in [5, 5.41) is 3.02. The third kappa shape index (κ3) is 3.53. The summed E-state index contributed by atoms with van der Waals surface area (Å²) < 4.78 is 27.0. The van der Waals surface area contributed by atoms with Gasteiger partial charge >= 0.3 is 0 Å². The molecular weight excluding hydrogens is 312 g/mol. The molecule has 2 rings (SSSR count). The molecule has 0 aliphatic carbocycles. The van der Waals surface area contributed by atoms with Crippen LogP contribution in [0.5, 0.6) is 0 Å². The molecule has 1 atom stereocenters. The van der Waals surface area contributed by atoms with E-state index in [-0.39, 0.29) is 5.92 Å². The van der Waals surface area contributed by atoms with Gasteiger partial charge in [0.15, 0.2) is 0 Å². The van der Waals surface area contributed by atoms with Crippen LogP contribution in [0.3, 0.4) is 0 Å². The lowest BCUT2D eigenvalue weighted by Crippen LogP contribution is -2.11. The molecule has 2 aromatic rings. The molecule has 1 unspecified atom stereocenters. The summed E-state index contributed by atoms with van der Waals surface area (Å²) in [7, 11) is 0. The van der Waals surface area contributed by atoms with Crippen molar-refractivity contribution in [3.8, 4) is 0 Å². The van der Waals surface area contributed by atoms with E-state index in [9.17, 15) is 8.78 Å². The van der Waals surface area contributed by atoms with Crippen LogP contribution in [0.4, 0.5) is 14.5 Å².